The lowest BCUT2D eigenvalue weighted by atomic mass is 10.00. The van der Waals surface area contributed by atoms with E-state index in [4.69, 9.17) is 11.6 Å². The fourth-order valence-electron chi connectivity index (χ4n) is 1.79. The average Bonchev–Trinajstić information content (AvgIpc) is 2.16. The highest BCUT2D eigenvalue weighted by molar-refractivity contribution is 6.30. The van der Waals surface area contributed by atoms with Gasteiger partial charge in [-0.15, -0.1) is 0 Å². The quantitative estimate of drug-likeness (QED) is 0.642. The van der Waals surface area contributed by atoms with E-state index < -0.39 is 0 Å². The Kier molecular flexibility index (Phi) is 2.46. The van der Waals surface area contributed by atoms with Gasteiger partial charge in [-0.1, -0.05) is 17.7 Å². The van der Waals surface area contributed by atoms with Crippen LogP contribution in [0, 0.1) is 0 Å². The fraction of sp³-hybridized carbons (Fsp3) is 0.364. The van der Waals surface area contributed by atoms with Crippen molar-refractivity contribution in [3.63, 3.8) is 0 Å². The molecule has 0 radical (unpaired) electrons. The molecule has 1 aliphatic rings. The largest absolute Gasteiger partial charge is 0.338 e. The highest BCUT2D eigenvalue weighted by Crippen LogP contribution is 2.22. The molecule has 0 saturated carbocycles. The molecule has 2 nitrogen and oxygen atoms in total. The number of rotatable bonds is 0. The van der Waals surface area contributed by atoms with Gasteiger partial charge in [-0.3, -0.25) is 4.79 Å². The number of hydrogen-bond acceptors (Lipinski definition) is 1. The van der Waals surface area contributed by atoms with Crippen LogP contribution in [0.1, 0.15) is 18.1 Å². The van der Waals surface area contributed by atoms with Gasteiger partial charge in [0.15, 0.2) is 0 Å². The molecule has 1 aromatic rings. The minimum Gasteiger partial charge on any atom is -0.338 e. The molecule has 0 aromatic heterocycles. The van der Waals surface area contributed by atoms with Gasteiger partial charge in [0.25, 0.3) is 0 Å². The number of fused-ring (bicyclic) bond motifs is 1. The van der Waals surface area contributed by atoms with E-state index in [2.05, 4.69) is 6.07 Å². The predicted molar refractivity (Wildman–Crippen MR) is 56.2 cm³/mol. The second kappa shape index (κ2) is 3.62. The summed E-state index contributed by atoms with van der Waals surface area (Å²) in [4.78, 5) is 13.0. The van der Waals surface area contributed by atoms with Crippen molar-refractivity contribution in [2.24, 2.45) is 0 Å². The van der Waals surface area contributed by atoms with Gasteiger partial charge in [0.2, 0.25) is 5.91 Å². The van der Waals surface area contributed by atoms with Crippen LogP contribution in [0.2, 0.25) is 5.02 Å². The minimum absolute atomic E-state index is 0.135. The van der Waals surface area contributed by atoms with E-state index >= 15 is 0 Å². The first-order valence-corrected chi connectivity index (χ1v) is 5.07. The molecule has 14 heavy (non-hydrogen) atoms. The number of halogens is 1. The molecule has 0 spiro atoms. The molecule has 1 aromatic carbocycles. The van der Waals surface area contributed by atoms with Gasteiger partial charge < -0.3 is 4.90 Å². The maximum Gasteiger partial charge on any atom is 0.219 e. The average molecular weight is 210 g/mol. The Bertz CT molecular complexity index is 376. The molecule has 74 valence electrons. The zero-order valence-electron chi connectivity index (χ0n) is 8.09. The normalized spacial score (nSPS) is 15.1. The van der Waals surface area contributed by atoms with Gasteiger partial charge >= 0.3 is 0 Å². The van der Waals surface area contributed by atoms with Gasteiger partial charge in [0.05, 0.1) is 0 Å². The molecule has 1 aliphatic heterocycles. The number of hydrogen-bond donors (Lipinski definition) is 0. The minimum atomic E-state index is 0.135. The summed E-state index contributed by atoms with van der Waals surface area (Å²) in [5, 5.41) is 0.745. The Balaban J connectivity index is 2.29. The monoisotopic (exact) mass is 209 g/mol. The summed E-state index contributed by atoms with van der Waals surface area (Å²) >= 11 is 5.90. The molecule has 0 fully saturated rings. The summed E-state index contributed by atoms with van der Waals surface area (Å²) in [6, 6.07) is 5.91. The second-order valence-corrected chi connectivity index (χ2v) is 4.04. The maximum absolute atomic E-state index is 11.2. The zero-order chi connectivity index (χ0) is 10.1. The lowest BCUT2D eigenvalue weighted by molar-refractivity contribution is -0.129. The lowest BCUT2D eigenvalue weighted by Gasteiger charge is -2.27. The highest BCUT2D eigenvalue weighted by atomic mass is 35.5. The Hall–Kier alpha value is -1.02. The van der Waals surface area contributed by atoms with Crippen LogP contribution in [0.15, 0.2) is 18.2 Å². The van der Waals surface area contributed by atoms with Crippen LogP contribution in [0.5, 0.6) is 0 Å². The molecule has 3 heteroatoms. The van der Waals surface area contributed by atoms with Gasteiger partial charge in [-0.25, -0.2) is 0 Å². The van der Waals surface area contributed by atoms with E-state index in [0.29, 0.717) is 6.54 Å². The van der Waals surface area contributed by atoms with Crippen LogP contribution in [0.4, 0.5) is 0 Å². The zero-order valence-corrected chi connectivity index (χ0v) is 8.84. The third kappa shape index (κ3) is 1.75. The van der Waals surface area contributed by atoms with E-state index in [9.17, 15) is 4.79 Å². The van der Waals surface area contributed by atoms with Crippen molar-refractivity contribution < 1.29 is 4.79 Å². The van der Waals surface area contributed by atoms with Crippen LogP contribution < -0.4 is 0 Å². The Morgan fingerprint density at radius 1 is 1.43 bits per heavy atom. The van der Waals surface area contributed by atoms with Crippen molar-refractivity contribution in [1.29, 1.82) is 0 Å². The summed E-state index contributed by atoms with van der Waals surface area (Å²) in [7, 11) is 0. The van der Waals surface area contributed by atoms with Crippen LogP contribution >= 0.6 is 11.6 Å². The van der Waals surface area contributed by atoms with Crippen molar-refractivity contribution in [3.05, 3.63) is 34.3 Å². The third-order valence-corrected chi connectivity index (χ3v) is 2.86. The van der Waals surface area contributed by atoms with E-state index in [1.807, 2.05) is 17.0 Å². The molecule has 1 amide bonds. The Morgan fingerprint density at radius 2 is 2.21 bits per heavy atom. The molecule has 1 heterocycles. The molecule has 0 bridgehead atoms. The molecule has 0 aliphatic carbocycles. The highest BCUT2D eigenvalue weighted by Gasteiger charge is 2.17. The van der Waals surface area contributed by atoms with Crippen molar-refractivity contribution in [3.8, 4) is 0 Å². The number of carbonyl (C=O) groups excluding carboxylic acids is 1. The molecular formula is C11H12ClNO. The van der Waals surface area contributed by atoms with E-state index in [1.165, 1.54) is 11.1 Å². The van der Waals surface area contributed by atoms with Gasteiger partial charge in [-0.2, -0.15) is 0 Å². The smallest absolute Gasteiger partial charge is 0.219 e. The van der Waals surface area contributed by atoms with Gasteiger partial charge in [0.1, 0.15) is 0 Å². The first-order chi connectivity index (χ1) is 6.66. The van der Waals surface area contributed by atoms with Crippen LogP contribution in [-0.2, 0) is 17.8 Å². The Labute approximate surface area is 88.5 Å². The van der Waals surface area contributed by atoms with E-state index in [0.717, 1.165) is 18.0 Å². The van der Waals surface area contributed by atoms with Crippen molar-refractivity contribution in [2.45, 2.75) is 19.9 Å². The summed E-state index contributed by atoms with van der Waals surface area (Å²) in [5.74, 6) is 0.135. The molecule has 0 unspecified atom stereocenters. The van der Waals surface area contributed by atoms with Crippen molar-refractivity contribution in [2.75, 3.05) is 6.54 Å². The molecule has 0 saturated heterocycles. The summed E-state index contributed by atoms with van der Waals surface area (Å²) in [6.45, 7) is 3.13. The van der Waals surface area contributed by atoms with Crippen LogP contribution in [0.3, 0.4) is 0 Å². The van der Waals surface area contributed by atoms with Gasteiger partial charge in [0, 0.05) is 25.0 Å². The second-order valence-electron chi connectivity index (χ2n) is 3.60. The summed E-state index contributed by atoms with van der Waals surface area (Å²) in [6.07, 6.45) is 0.937. The van der Waals surface area contributed by atoms with Gasteiger partial charge in [-0.05, 0) is 29.7 Å². The van der Waals surface area contributed by atoms with Crippen LogP contribution in [0.25, 0.3) is 0 Å². The first-order valence-electron chi connectivity index (χ1n) is 4.69. The summed E-state index contributed by atoms with van der Waals surface area (Å²) < 4.78 is 0. The standard InChI is InChI=1S/C11H12ClNO/c1-8(14)13-5-4-9-2-3-11(12)6-10(9)7-13/h2-3,6H,4-5,7H2,1H3. The summed E-state index contributed by atoms with van der Waals surface area (Å²) in [5.41, 5.74) is 2.49. The maximum atomic E-state index is 11.2. The Morgan fingerprint density at radius 3 is 2.93 bits per heavy atom. The predicted octanol–water partition coefficient (Wildman–Crippen LogP) is 2.24. The molecule has 0 atom stereocenters. The lowest BCUT2D eigenvalue weighted by Crippen LogP contribution is -2.34. The molecule has 0 N–H and O–H groups in total. The van der Waals surface area contributed by atoms with E-state index in [-0.39, 0.29) is 5.91 Å². The number of nitrogens with zero attached hydrogens (tertiary/aromatic N) is 1. The number of benzene rings is 1. The number of carbonyl (C=O) groups is 1. The van der Waals surface area contributed by atoms with Crippen molar-refractivity contribution in [1.82, 2.24) is 4.90 Å². The fourth-order valence-corrected chi connectivity index (χ4v) is 1.99. The number of amides is 1. The third-order valence-electron chi connectivity index (χ3n) is 2.63. The van der Waals surface area contributed by atoms with Crippen molar-refractivity contribution >= 4 is 17.5 Å². The first kappa shape index (κ1) is 9.53. The molecule has 2 rings (SSSR count). The topological polar surface area (TPSA) is 20.3 Å². The van der Waals surface area contributed by atoms with E-state index in [1.54, 1.807) is 6.92 Å². The van der Waals surface area contributed by atoms with Crippen LogP contribution in [-0.4, -0.2) is 17.4 Å². The SMILES string of the molecule is CC(=O)N1CCc2ccc(Cl)cc2C1. The molecular weight excluding hydrogens is 198 g/mol.